The van der Waals surface area contributed by atoms with E-state index < -0.39 is 0 Å². The van der Waals surface area contributed by atoms with Gasteiger partial charge in [-0.3, -0.25) is 4.79 Å². The van der Waals surface area contributed by atoms with Gasteiger partial charge >= 0.3 is 0 Å². The molecular formula is C15H17N3O2. The van der Waals surface area contributed by atoms with Crippen LogP contribution >= 0.6 is 0 Å². The number of fused-ring (bicyclic) bond motifs is 1. The number of carbonyl (C=O) groups is 1. The topological polar surface area (TPSA) is 68.0 Å². The molecule has 0 unspecified atom stereocenters. The lowest BCUT2D eigenvalue weighted by molar-refractivity contribution is 0.102. The predicted molar refractivity (Wildman–Crippen MR) is 74.8 cm³/mol. The van der Waals surface area contributed by atoms with Crippen LogP contribution in [0.2, 0.25) is 0 Å². The molecule has 3 rings (SSSR count). The first-order chi connectivity index (χ1) is 9.65. The summed E-state index contributed by atoms with van der Waals surface area (Å²) in [5, 5.41) is 10.1. The van der Waals surface area contributed by atoms with E-state index in [1.807, 2.05) is 13.0 Å². The van der Waals surface area contributed by atoms with E-state index in [1.165, 1.54) is 24.0 Å². The van der Waals surface area contributed by atoms with Gasteiger partial charge in [0.15, 0.2) is 0 Å². The van der Waals surface area contributed by atoms with Gasteiger partial charge < -0.3 is 5.32 Å². The zero-order chi connectivity index (χ0) is 14.1. The van der Waals surface area contributed by atoms with Crippen LogP contribution in [0.4, 0.5) is 5.82 Å². The summed E-state index contributed by atoms with van der Waals surface area (Å²) in [6.45, 7) is 3.71. The van der Waals surface area contributed by atoms with Crippen LogP contribution < -0.4 is 5.32 Å². The molecular weight excluding hydrogens is 254 g/mol. The second-order valence-corrected chi connectivity index (χ2v) is 5.30. The summed E-state index contributed by atoms with van der Waals surface area (Å²) in [5.41, 5.74) is 4.95. The molecule has 0 fully saturated rings. The molecule has 0 spiro atoms. The standard InChI is InChI=1S/C15H17N3O2/c1-9-7-11-5-3-4-6-12(11)8-13(9)15(19)16-14-10(2)17-20-18-14/h7-8H,3-6H2,1-2H3,(H,16,18,19). The highest BCUT2D eigenvalue weighted by atomic mass is 16.6. The van der Waals surface area contributed by atoms with E-state index in [0.29, 0.717) is 17.1 Å². The summed E-state index contributed by atoms with van der Waals surface area (Å²) in [6.07, 6.45) is 4.61. The molecule has 0 radical (unpaired) electrons. The van der Waals surface area contributed by atoms with E-state index in [-0.39, 0.29) is 5.91 Å². The number of hydrogen-bond acceptors (Lipinski definition) is 4. The van der Waals surface area contributed by atoms with Crippen LogP contribution in [0.15, 0.2) is 16.8 Å². The molecule has 5 heteroatoms. The van der Waals surface area contributed by atoms with Crippen LogP contribution in [0.5, 0.6) is 0 Å². The molecule has 0 bridgehead atoms. The van der Waals surface area contributed by atoms with Crippen LogP contribution in [0.3, 0.4) is 0 Å². The Bertz CT molecular complexity index is 661. The number of benzene rings is 1. The van der Waals surface area contributed by atoms with Gasteiger partial charge in [0.1, 0.15) is 5.69 Å². The van der Waals surface area contributed by atoms with E-state index in [1.54, 1.807) is 6.92 Å². The maximum Gasteiger partial charge on any atom is 0.257 e. The molecule has 1 aromatic carbocycles. The number of amides is 1. The summed E-state index contributed by atoms with van der Waals surface area (Å²) in [5.74, 6) is 0.224. The number of hydrogen-bond donors (Lipinski definition) is 1. The second kappa shape index (κ2) is 5.07. The van der Waals surface area contributed by atoms with Gasteiger partial charge in [0.25, 0.3) is 5.91 Å². The number of rotatable bonds is 2. The third kappa shape index (κ3) is 2.31. The average molecular weight is 271 g/mol. The van der Waals surface area contributed by atoms with Gasteiger partial charge in [0.2, 0.25) is 5.82 Å². The Morgan fingerprint density at radius 3 is 2.50 bits per heavy atom. The molecule has 1 amide bonds. The molecule has 104 valence electrons. The summed E-state index contributed by atoms with van der Waals surface area (Å²) < 4.78 is 4.59. The maximum atomic E-state index is 12.4. The third-order valence-electron chi connectivity index (χ3n) is 3.82. The highest BCUT2D eigenvalue weighted by molar-refractivity contribution is 6.05. The van der Waals surface area contributed by atoms with Crippen LogP contribution in [-0.2, 0) is 12.8 Å². The summed E-state index contributed by atoms with van der Waals surface area (Å²) in [4.78, 5) is 12.4. The van der Waals surface area contributed by atoms with E-state index in [0.717, 1.165) is 18.4 Å². The molecule has 0 atom stereocenters. The van der Waals surface area contributed by atoms with Gasteiger partial charge in [0, 0.05) is 5.56 Å². The number of anilines is 1. The molecule has 5 nitrogen and oxygen atoms in total. The average Bonchev–Trinajstić information content (AvgIpc) is 2.83. The molecule has 2 aromatic rings. The van der Waals surface area contributed by atoms with Gasteiger partial charge in [-0.15, -0.1) is 0 Å². The molecule has 1 aromatic heterocycles. The molecule has 1 N–H and O–H groups in total. The Morgan fingerprint density at radius 1 is 1.15 bits per heavy atom. The minimum atomic E-state index is -0.158. The van der Waals surface area contributed by atoms with Gasteiger partial charge in [-0.05, 0) is 67.4 Å². The summed E-state index contributed by atoms with van der Waals surface area (Å²) >= 11 is 0. The fourth-order valence-electron chi connectivity index (χ4n) is 2.67. The highest BCUT2D eigenvalue weighted by Gasteiger charge is 2.17. The van der Waals surface area contributed by atoms with Crippen molar-refractivity contribution in [2.24, 2.45) is 0 Å². The van der Waals surface area contributed by atoms with Crippen molar-refractivity contribution in [2.75, 3.05) is 5.32 Å². The predicted octanol–water partition coefficient (Wildman–Crippen LogP) is 2.82. The lowest BCUT2D eigenvalue weighted by atomic mass is 9.88. The van der Waals surface area contributed by atoms with Crippen LogP contribution in [0, 0.1) is 13.8 Å². The normalized spacial score (nSPS) is 13.9. The monoisotopic (exact) mass is 271 g/mol. The number of nitrogens with one attached hydrogen (secondary N) is 1. The first kappa shape index (κ1) is 12.8. The third-order valence-corrected chi connectivity index (χ3v) is 3.82. The zero-order valence-corrected chi connectivity index (χ0v) is 11.7. The molecule has 20 heavy (non-hydrogen) atoms. The Kier molecular flexibility index (Phi) is 3.26. The van der Waals surface area contributed by atoms with Crippen LogP contribution in [0.25, 0.3) is 0 Å². The van der Waals surface area contributed by atoms with E-state index >= 15 is 0 Å². The fourth-order valence-corrected chi connectivity index (χ4v) is 2.67. The van der Waals surface area contributed by atoms with Gasteiger partial charge in [-0.25, -0.2) is 4.63 Å². The highest BCUT2D eigenvalue weighted by Crippen LogP contribution is 2.25. The van der Waals surface area contributed by atoms with Gasteiger partial charge in [-0.1, -0.05) is 11.2 Å². The second-order valence-electron chi connectivity index (χ2n) is 5.30. The van der Waals surface area contributed by atoms with Crippen molar-refractivity contribution in [3.05, 3.63) is 40.1 Å². The van der Waals surface area contributed by atoms with Gasteiger partial charge in [-0.2, -0.15) is 0 Å². The molecule has 0 aliphatic heterocycles. The smallest absolute Gasteiger partial charge is 0.257 e. The Labute approximate surface area is 117 Å². The quantitative estimate of drug-likeness (QED) is 0.912. The van der Waals surface area contributed by atoms with Crippen LogP contribution in [-0.4, -0.2) is 16.2 Å². The Balaban J connectivity index is 1.89. The minimum Gasteiger partial charge on any atom is -0.302 e. The fraction of sp³-hybridized carbons (Fsp3) is 0.400. The van der Waals surface area contributed by atoms with Crippen molar-refractivity contribution in [3.63, 3.8) is 0 Å². The summed E-state index contributed by atoms with van der Waals surface area (Å²) in [6, 6.07) is 4.15. The van der Waals surface area contributed by atoms with E-state index in [4.69, 9.17) is 0 Å². The molecule has 1 aliphatic carbocycles. The molecule has 0 saturated carbocycles. The van der Waals surface area contributed by atoms with Gasteiger partial charge in [0.05, 0.1) is 0 Å². The minimum absolute atomic E-state index is 0.158. The van der Waals surface area contributed by atoms with E-state index in [2.05, 4.69) is 26.3 Å². The molecule has 1 heterocycles. The largest absolute Gasteiger partial charge is 0.302 e. The number of carbonyl (C=O) groups excluding carboxylic acids is 1. The first-order valence-electron chi connectivity index (χ1n) is 6.88. The number of nitrogens with zero attached hydrogens (tertiary/aromatic N) is 2. The molecule has 0 saturated heterocycles. The van der Waals surface area contributed by atoms with Crippen molar-refractivity contribution in [3.8, 4) is 0 Å². The lowest BCUT2D eigenvalue weighted by Crippen LogP contribution is -2.16. The zero-order valence-electron chi connectivity index (χ0n) is 11.7. The van der Waals surface area contributed by atoms with Crippen molar-refractivity contribution in [1.82, 2.24) is 10.3 Å². The first-order valence-corrected chi connectivity index (χ1v) is 6.88. The van der Waals surface area contributed by atoms with Crippen molar-refractivity contribution < 1.29 is 9.42 Å². The Hall–Kier alpha value is -2.17. The van der Waals surface area contributed by atoms with E-state index in [9.17, 15) is 4.79 Å². The maximum absolute atomic E-state index is 12.4. The van der Waals surface area contributed by atoms with Crippen molar-refractivity contribution >= 4 is 11.7 Å². The van der Waals surface area contributed by atoms with Crippen molar-refractivity contribution in [2.45, 2.75) is 39.5 Å². The number of aryl methyl sites for hydroxylation is 4. The molecule has 1 aliphatic rings. The van der Waals surface area contributed by atoms with Crippen molar-refractivity contribution in [1.29, 1.82) is 0 Å². The lowest BCUT2D eigenvalue weighted by Gasteiger charge is -2.18. The SMILES string of the molecule is Cc1cc2c(cc1C(=O)Nc1nonc1C)CCCC2. The summed E-state index contributed by atoms with van der Waals surface area (Å²) in [7, 11) is 0. The number of aromatic nitrogens is 2. The van der Waals surface area contributed by atoms with Crippen LogP contribution in [0.1, 0.15) is 45.6 Å². The Morgan fingerprint density at radius 2 is 1.85 bits per heavy atom.